The van der Waals surface area contributed by atoms with Crippen LogP contribution < -0.4 is 0 Å². The van der Waals surface area contributed by atoms with Gasteiger partial charge in [-0.3, -0.25) is 0 Å². The van der Waals surface area contributed by atoms with Crippen molar-refractivity contribution in [2.24, 2.45) is 0 Å². The molecular formula is C18H21IrN2-. The monoisotopic (exact) mass is 458 g/mol. The van der Waals surface area contributed by atoms with Crippen LogP contribution in [0.25, 0.3) is 16.4 Å². The Morgan fingerprint density at radius 2 is 1.81 bits per heavy atom. The number of benzene rings is 1. The second kappa shape index (κ2) is 5.15. The summed E-state index contributed by atoms with van der Waals surface area (Å²) in [5.41, 5.74) is 5.78. The van der Waals surface area contributed by atoms with Gasteiger partial charge in [0.15, 0.2) is 0 Å². The Hall–Kier alpha value is -1.31. The number of imidazole rings is 1. The van der Waals surface area contributed by atoms with Gasteiger partial charge in [-0.1, -0.05) is 37.6 Å². The minimum absolute atomic E-state index is 0. The van der Waals surface area contributed by atoms with Gasteiger partial charge in [0.05, 0.1) is 11.3 Å². The standard InChI is InChI=1S/C18H21N2.Ir/c1-11-8-7-9-14-15(18(4,5)6)10-20-13(3)12(2)19-17(20)16(11)14;/h7-10H,1H2,2-6H3;/q-1;. The molecule has 113 valence electrons. The summed E-state index contributed by atoms with van der Waals surface area (Å²) in [6.45, 7) is 15.2. The number of pyridine rings is 1. The molecule has 0 saturated heterocycles. The van der Waals surface area contributed by atoms with E-state index >= 15 is 0 Å². The van der Waals surface area contributed by atoms with Crippen LogP contribution in [0.3, 0.4) is 0 Å². The van der Waals surface area contributed by atoms with Gasteiger partial charge in [0.25, 0.3) is 0 Å². The Bertz CT molecular complexity index is 823. The number of aryl methyl sites for hydroxylation is 2. The SMILES string of the molecule is [CH2-]c1cccc2c(C(C)(C)C)cn3c(C)c(C)nc3c12.[Ir]. The number of aromatic nitrogens is 2. The van der Waals surface area contributed by atoms with Gasteiger partial charge in [-0.2, -0.15) is 18.6 Å². The molecule has 0 aliphatic heterocycles. The molecule has 0 N–H and O–H groups in total. The Morgan fingerprint density at radius 1 is 1.14 bits per heavy atom. The van der Waals surface area contributed by atoms with Crippen LogP contribution in [-0.4, -0.2) is 9.38 Å². The minimum atomic E-state index is 0. The molecule has 2 nitrogen and oxygen atoms in total. The van der Waals surface area contributed by atoms with E-state index in [0.29, 0.717) is 0 Å². The number of hydrogen-bond acceptors (Lipinski definition) is 1. The molecule has 0 atom stereocenters. The summed E-state index contributed by atoms with van der Waals surface area (Å²) in [5, 5.41) is 2.44. The summed E-state index contributed by atoms with van der Waals surface area (Å²) < 4.78 is 2.22. The average molecular weight is 458 g/mol. The summed E-state index contributed by atoms with van der Waals surface area (Å²) in [6.07, 6.45) is 2.24. The molecule has 0 saturated carbocycles. The molecule has 1 aromatic carbocycles. The summed E-state index contributed by atoms with van der Waals surface area (Å²) >= 11 is 0. The predicted molar refractivity (Wildman–Crippen MR) is 85.3 cm³/mol. The Kier molecular flexibility index (Phi) is 3.94. The summed E-state index contributed by atoms with van der Waals surface area (Å²) in [5.74, 6) is 0. The third kappa shape index (κ3) is 2.39. The first-order valence-corrected chi connectivity index (χ1v) is 7.04. The van der Waals surface area contributed by atoms with Gasteiger partial charge < -0.3 is 4.40 Å². The molecule has 21 heavy (non-hydrogen) atoms. The van der Waals surface area contributed by atoms with Crippen molar-refractivity contribution >= 4 is 16.4 Å². The van der Waals surface area contributed by atoms with Gasteiger partial charge in [0.2, 0.25) is 0 Å². The molecule has 2 heterocycles. The second-order valence-corrected chi connectivity index (χ2v) is 6.61. The molecule has 0 amide bonds. The fourth-order valence-corrected chi connectivity index (χ4v) is 2.85. The van der Waals surface area contributed by atoms with E-state index in [1.165, 1.54) is 22.0 Å². The van der Waals surface area contributed by atoms with Crippen molar-refractivity contribution in [1.82, 2.24) is 9.38 Å². The van der Waals surface area contributed by atoms with Crippen molar-refractivity contribution in [1.29, 1.82) is 0 Å². The largest absolute Gasteiger partial charge is 0.313 e. The van der Waals surface area contributed by atoms with Gasteiger partial charge in [-0.15, -0.1) is 6.07 Å². The maximum Gasteiger partial charge on any atom is 0.0884 e. The normalized spacial score (nSPS) is 11.9. The molecule has 0 unspecified atom stereocenters. The van der Waals surface area contributed by atoms with Crippen LogP contribution in [0.2, 0.25) is 0 Å². The Balaban J connectivity index is 0.00000161. The Labute approximate surface area is 139 Å². The zero-order valence-electron chi connectivity index (χ0n) is 13.2. The van der Waals surface area contributed by atoms with Gasteiger partial charge in [-0.05, 0) is 24.8 Å². The van der Waals surface area contributed by atoms with E-state index < -0.39 is 0 Å². The molecule has 0 bridgehead atoms. The van der Waals surface area contributed by atoms with Crippen molar-refractivity contribution in [3.05, 3.63) is 53.8 Å². The molecular weight excluding hydrogens is 436 g/mol. The van der Waals surface area contributed by atoms with E-state index in [-0.39, 0.29) is 25.5 Å². The van der Waals surface area contributed by atoms with Gasteiger partial charge in [0.1, 0.15) is 0 Å². The molecule has 0 aliphatic carbocycles. The van der Waals surface area contributed by atoms with Crippen LogP contribution in [0, 0.1) is 20.8 Å². The molecule has 0 spiro atoms. The fraction of sp³-hybridized carbons (Fsp3) is 0.333. The first-order valence-electron chi connectivity index (χ1n) is 7.04. The summed E-state index contributed by atoms with van der Waals surface area (Å²) in [4.78, 5) is 4.75. The van der Waals surface area contributed by atoms with Crippen LogP contribution in [0.1, 0.15) is 43.3 Å². The number of hydrogen-bond donors (Lipinski definition) is 0. The molecule has 3 aromatic rings. The minimum Gasteiger partial charge on any atom is -0.313 e. The van der Waals surface area contributed by atoms with Crippen molar-refractivity contribution < 1.29 is 20.1 Å². The fourth-order valence-electron chi connectivity index (χ4n) is 2.85. The van der Waals surface area contributed by atoms with Crippen LogP contribution in [0.15, 0.2) is 24.4 Å². The van der Waals surface area contributed by atoms with Crippen LogP contribution >= 0.6 is 0 Å². The molecule has 1 radical (unpaired) electrons. The van der Waals surface area contributed by atoms with Gasteiger partial charge in [-0.25, -0.2) is 4.98 Å². The van der Waals surface area contributed by atoms with E-state index in [2.05, 4.69) is 70.3 Å². The molecule has 0 aliphatic rings. The molecule has 2 aromatic heterocycles. The first-order chi connectivity index (χ1) is 9.30. The smallest absolute Gasteiger partial charge is 0.0884 e. The quantitative estimate of drug-likeness (QED) is 0.452. The zero-order valence-corrected chi connectivity index (χ0v) is 15.6. The maximum atomic E-state index is 4.75. The van der Waals surface area contributed by atoms with Crippen LogP contribution in [-0.2, 0) is 25.5 Å². The summed E-state index contributed by atoms with van der Waals surface area (Å²) in [7, 11) is 0. The Morgan fingerprint density at radius 3 is 2.43 bits per heavy atom. The predicted octanol–water partition coefficient (Wildman–Crippen LogP) is 4.58. The van der Waals surface area contributed by atoms with E-state index in [9.17, 15) is 0 Å². The topological polar surface area (TPSA) is 17.3 Å². The van der Waals surface area contributed by atoms with E-state index in [4.69, 9.17) is 4.98 Å². The zero-order chi connectivity index (χ0) is 14.7. The third-order valence-electron chi connectivity index (χ3n) is 4.12. The van der Waals surface area contributed by atoms with Crippen molar-refractivity contribution in [2.45, 2.75) is 40.0 Å². The molecule has 3 rings (SSSR count). The summed E-state index contributed by atoms with van der Waals surface area (Å²) in [6, 6.07) is 6.33. The number of fused-ring (bicyclic) bond motifs is 3. The van der Waals surface area contributed by atoms with Crippen molar-refractivity contribution in [3.63, 3.8) is 0 Å². The second-order valence-electron chi connectivity index (χ2n) is 6.61. The van der Waals surface area contributed by atoms with Gasteiger partial charge in [0, 0.05) is 32.0 Å². The van der Waals surface area contributed by atoms with E-state index in [0.717, 1.165) is 16.9 Å². The third-order valence-corrected chi connectivity index (χ3v) is 4.12. The average Bonchev–Trinajstić information content (AvgIpc) is 2.63. The van der Waals surface area contributed by atoms with Gasteiger partial charge >= 0.3 is 0 Å². The van der Waals surface area contributed by atoms with Crippen LogP contribution in [0.4, 0.5) is 0 Å². The number of nitrogens with zero attached hydrogens (tertiary/aromatic N) is 2. The molecule has 0 fully saturated rings. The first kappa shape index (κ1) is 16.1. The van der Waals surface area contributed by atoms with E-state index in [1.807, 2.05) is 0 Å². The number of rotatable bonds is 0. The van der Waals surface area contributed by atoms with Crippen LogP contribution in [0.5, 0.6) is 0 Å². The van der Waals surface area contributed by atoms with Crippen molar-refractivity contribution in [3.8, 4) is 0 Å². The maximum absolute atomic E-state index is 4.75. The van der Waals surface area contributed by atoms with Crippen molar-refractivity contribution in [2.75, 3.05) is 0 Å². The molecule has 3 heteroatoms. The van der Waals surface area contributed by atoms with E-state index in [1.54, 1.807) is 0 Å².